The van der Waals surface area contributed by atoms with Crippen LogP contribution < -0.4 is 24.4 Å². The summed E-state index contributed by atoms with van der Waals surface area (Å²) in [4.78, 5) is 44.4. The third-order valence-corrected chi connectivity index (χ3v) is 8.62. The first-order valence-corrected chi connectivity index (χ1v) is 16.5. The molecule has 46 heavy (non-hydrogen) atoms. The van der Waals surface area contributed by atoms with Gasteiger partial charge in [-0.2, -0.15) is 0 Å². The highest BCUT2D eigenvalue weighted by molar-refractivity contribution is 9.10. The largest absolute Gasteiger partial charge is 0.494 e. The van der Waals surface area contributed by atoms with Crippen LogP contribution in [0.4, 0.5) is 0 Å². The molecule has 0 N–H and O–H groups in total. The van der Waals surface area contributed by atoms with Crippen molar-refractivity contribution in [3.63, 3.8) is 0 Å². The number of nitrogens with zero attached hydrogens (tertiary/aromatic N) is 2. The molecule has 5 rings (SSSR count). The lowest BCUT2D eigenvalue weighted by molar-refractivity contribution is -0.139. The number of aromatic nitrogens is 1. The summed E-state index contributed by atoms with van der Waals surface area (Å²) < 4.78 is 25.0. The van der Waals surface area contributed by atoms with Crippen LogP contribution in [0.15, 0.2) is 92.3 Å². The van der Waals surface area contributed by atoms with Gasteiger partial charge in [-0.05, 0) is 87.4 Å². The number of ether oxygens (including phenoxy) is 4. The summed E-state index contributed by atoms with van der Waals surface area (Å²) in [7, 11) is 0. The summed E-state index contributed by atoms with van der Waals surface area (Å²) in [6.07, 6.45) is 1.77. The van der Waals surface area contributed by atoms with Gasteiger partial charge in [-0.3, -0.25) is 9.36 Å². The molecule has 0 amide bonds. The molecule has 0 radical (unpaired) electrons. The molecule has 0 aliphatic carbocycles. The Labute approximate surface area is 278 Å². The fourth-order valence-electron chi connectivity index (χ4n) is 5.04. The second kappa shape index (κ2) is 14.7. The maximum absolute atomic E-state index is 14.1. The first kappa shape index (κ1) is 32.9. The van der Waals surface area contributed by atoms with E-state index in [1.165, 1.54) is 11.3 Å². The molecule has 0 unspecified atom stereocenters. The van der Waals surface area contributed by atoms with E-state index < -0.39 is 12.0 Å². The molecule has 11 heteroatoms. The average molecular weight is 706 g/mol. The molecule has 3 aromatic carbocycles. The molecule has 4 aromatic rings. The molecule has 1 atom stereocenters. The zero-order chi connectivity index (χ0) is 32.8. The van der Waals surface area contributed by atoms with E-state index in [4.69, 9.17) is 18.9 Å². The van der Waals surface area contributed by atoms with Gasteiger partial charge in [-0.1, -0.05) is 51.5 Å². The zero-order valence-corrected chi connectivity index (χ0v) is 28.3. The number of halogens is 1. The summed E-state index contributed by atoms with van der Waals surface area (Å²) in [6.45, 7) is 8.43. The van der Waals surface area contributed by atoms with E-state index in [-0.39, 0.29) is 24.7 Å². The number of carbonyl (C=O) groups excluding carboxylic acids is 2. The van der Waals surface area contributed by atoms with Crippen molar-refractivity contribution in [1.29, 1.82) is 0 Å². The molecule has 2 heterocycles. The van der Waals surface area contributed by atoms with Gasteiger partial charge in [0.25, 0.3) is 5.56 Å². The topological polar surface area (TPSA) is 105 Å². The smallest absolute Gasteiger partial charge is 0.338 e. The summed E-state index contributed by atoms with van der Waals surface area (Å²) in [5, 5.41) is 0. The maximum atomic E-state index is 14.1. The van der Waals surface area contributed by atoms with Crippen molar-refractivity contribution in [2.45, 2.75) is 40.3 Å². The van der Waals surface area contributed by atoms with Gasteiger partial charge in [0.05, 0.1) is 47.2 Å². The summed E-state index contributed by atoms with van der Waals surface area (Å²) in [5.41, 5.74) is 3.25. The van der Waals surface area contributed by atoms with Crippen molar-refractivity contribution in [2.75, 3.05) is 19.8 Å². The number of benzene rings is 3. The number of carbonyl (C=O) groups is 2. The fraction of sp³-hybridized carbons (Fsp3) is 0.257. The van der Waals surface area contributed by atoms with Crippen molar-refractivity contribution in [3.8, 4) is 11.5 Å². The van der Waals surface area contributed by atoms with E-state index in [9.17, 15) is 14.4 Å². The monoisotopic (exact) mass is 704 g/mol. The van der Waals surface area contributed by atoms with Crippen LogP contribution in [0.3, 0.4) is 0 Å². The second-order valence-corrected chi connectivity index (χ2v) is 12.1. The minimum Gasteiger partial charge on any atom is -0.494 e. The average Bonchev–Trinajstić information content (AvgIpc) is 3.34. The van der Waals surface area contributed by atoms with E-state index in [1.54, 1.807) is 43.5 Å². The maximum Gasteiger partial charge on any atom is 0.338 e. The Balaban J connectivity index is 1.53. The molecule has 1 aliphatic heterocycles. The zero-order valence-electron chi connectivity index (χ0n) is 25.9. The third-order valence-electron chi connectivity index (χ3n) is 7.14. The molecule has 1 aromatic heterocycles. The Morgan fingerprint density at radius 1 is 0.913 bits per heavy atom. The van der Waals surface area contributed by atoms with E-state index in [1.807, 2.05) is 61.5 Å². The quantitative estimate of drug-likeness (QED) is 0.184. The summed E-state index contributed by atoms with van der Waals surface area (Å²) in [6, 6.07) is 19.2. The van der Waals surface area contributed by atoms with Gasteiger partial charge in [0.1, 0.15) is 18.1 Å². The highest BCUT2D eigenvalue weighted by Crippen LogP contribution is 2.32. The first-order chi connectivity index (χ1) is 22.2. The van der Waals surface area contributed by atoms with Crippen molar-refractivity contribution in [3.05, 3.63) is 124 Å². The minimum atomic E-state index is -0.732. The number of rotatable bonds is 11. The van der Waals surface area contributed by atoms with Crippen molar-refractivity contribution in [1.82, 2.24) is 4.57 Å². The van der Waals surface area contributed by atoms with E-state index in [0.29, 0.717) is 56.4 Å². The SMILES string of the molecule is CCOC(=O)C1=C(C)N=c2s/c(=C\c3cc(Br)ccc3OCc3ccc(C(=O)OCC)cc3)c(=O)n2[C@H]1c1ccc(OCC)cc1. The predicted octanol–water partition coefficient (Wildman–Crippen LogP) is 5.72. The molecule has 0 spiro atoms. The lowest BCUT2D eigenvalue weighted by atomic mass is 9.96. The van der Waals surface area contributed by atoms with Crippen LogP contribution in [-0.4, -0.2) is 36.3 Å². The number of allylic oxidation sites excluding steroid dienone is 1. The lowest BCUT2D eigenvalue weighted by Crippen LogP contribution is -2.39. The van der Waals surface area contributed by atoms with Gasteiger partial charge in [-0.25, -0.2) is 14.6 Å². The highest BCUT2D eigenvalue weighted by atomic mass is 79.9. The molecular weight excluding hydrogens is 672 g/mol. The molecule has 238 valence electrons. The number of fused-ring (bicyclic) bond motifs is 1. The molecule has 0 saturated heterocycles. The number of esters is 2. The molecule has 0 bridgehead atoms. The van der Waals surface area contributed by atoms with Crippen molar-refractivity contribution in [2.24, 2.45) is 4.99 Å². The minimum absolute atomic E-state index is 0.192. The van der Waals surface area contributed by atoms with Crippen LogP contribution in [-0.2, 0) is 20.9 Å². The third kappa shape index (κ3) is 7.16. The Bertz CT molecular complexity index is 1960. The standard InChI is InChI=1S/C35H33BrN2O7S/c1-5-42-27-15-12-23(13-16-27)31-30(34(41)44-7-3)21(4)37-35-38(31)32(39)29(46-35)19-25-18-26(36)14-17-28(25)45-20-22-8-10-24(11-9-22)33(40)43-6-2/h8-19,31H,5-7,20H2,1-4H3/b29-19-/t31-/m0/s1. The number of hydrogen-bond acceptors (Lipinski definition) is 9. The summed E-state index contributed by atoms with van der Waals surface area (Å²) >= 11 is 4.77. The number of thiazole rings is 1. The molecule has 0 saturated carbocycles. The lowest BCUT2D eigenvalue weighted by Gasteiger charge is -2.24. The van der Waals surface area contributed by atoms with Crippen LogP contribution in [0.1, 0.15) is 60.8 Å². The van der Waals surface area contributed by atoms with Crippen LogP contribution >= 0.6 is 27.3 Å². The fourth-order valence-corrected chi connectivity index (χ4v) is 6.45. The van der Waals surface area contributed by atoms with E-state index >= 15 is 0 Å². The van der Waals surface area contributed by atoms with E-state index in [2.05, 4.69) is 20.9 Å². The van der Waals surface area contributed by atoms with Crippen LogP contribution in [0.2, 0.25) is 0 Å². The molecular formula is C35H33BrN2O7S. The van der Waals surface area contributed by atoms with Gasteiger partial charge in [0.15, 0.2) is 4.80 Å². The van der Waals surface area contributed by atoms with Gasteiger partial charge in [0.2, 0.25) is 0 Å². The Morgan fingerprint density at radius 3 is 2.28 bits per heavy atom. The second-order valence-electron chi connectivity index (χ2n) is 10.2. The predicted molar refractivity (Wildman–Crippen MR) is 179 cm³/mol. The van der Waals surface area contributed by atoms with Crippen molar-refractivity contribution < 1.29 is 28.5 Å². The molecule has 1 aliphatic rings. The highest BCUT2D eigenvalue weighted by Gasteiger charge is 2.33. The Kier molecular flexibility index (Phi) is 10.5. The first-order valence-electron chi connectivity index (χ1n) is 14.8. The normalized spacial score (nSPS) is 14.4. The van der Waals surface area contributed by atoms with E-state index in [0.717, 1.165) is 15.6 Å². The van der Waals surface area contributed by atoms with Crippen LogP contribution in [0, 0.1) is 0 Å². The van der Waals surface area contributed by atoms with Gasteiger partial charge in [-0.15, -0.1) is 0 Å². The van der Waals surface area contributed by atoms with Crippen molar-refractivity contribution >= 4 is 45.3 Å². The Morgan fingerprint density at radius 2 is 1.61 bits per heavy atom. The van der Waals surface area contributed by atoms with Gasteiger partial charge in [0, 0.05) is 10.0 Å². The number of hydrogen-bond donors (Lipinski definition) is 0. The van der Waals surface area contributed by atoms with Crippen LogP contribution in [0.25, 0.3) is 6.08 Å². The van der Waals surface area contributed by atoms with Gasteiger partial charge < -0.3 is 18.9 Å². The van der Waals surface area contributed by atoms with Gasteiger partial charge >= 0.3 is 11.9 Å². The summed E-state index contributed by atoms with van der Waals surface area (Å²) in [5.74, 6) is 0.361. The molecule has 0 fully saturated rings. The Hall–Kier alpha value is -4.48. The molecule has 9 nitrogen and oxygen atoms in total. The van der Waals surface area contributed by atoms with Crippen LogP contribution in [0.5, 0.6) is 11.5 Å².